The van der Waals surface area contributed by atoms with Crippen molar-refractivity contribution in [3.8, 4) is 0 Å². The summed E-state index contributed by atoms with van der Waals surface area (Å²) in [5.74, 6) is -0.877. The fraction of sp³-hybridized carbons (Fsp3) is 0.833. The van der Waals surface area contributed by atoms with Crippen molar-refractivity contribution in [3.63, 3.8) is 0 Å². The second-order valence-corrected chi connectivity index (χ2v) is 21.3. The largest absolute Gasteiger partial charge is 0.462 e. The van der Waals surface area contributed by atoms with Crippen LogP contribution < -0.4 is 0 Å². The predicted molar refractivity (Wildman–Crippen MR) is 312 cm³/mol. The first-order valence-electron chi connectivity index (χ1n) is 31.6. The zero-order valence-corrected chi connectivity index (χ0v) is 48.2. The number of rotatable bonds is 58. The number of carbonyl (C=O) groups is 3. The molecule has 0 aromatic carbocycles. The van der Waals surface area contributed by atoms with Crippen LogP contribution in [-0.4, -0.2) is 37.2 Å². The van der Waals surface area contributed by atoms with Gasteiger partial charge in [0.15, 0.2) is 6.10 Å². The van der Waals surface area contributed by atoms with Crippen molar-refractivity contribution in [1.29, 1.82) is 0 Å². The molecule has 0 aromatic rings. The summed E-state index contributed by atoms with van der Waals surface area (Å²) in [6.07, 6.45) is 75.3. The van der Waals surface area contributed by atoms with Crippen LogP contribution in [0.1, 0.15) is 335 Å². The van der Waals surface area contributed by atoms with Gasteiger partial charge >= 0.3 is 17.9 Å². The van der Waals surface area contributed by atoms with E-state index >= 15 is 0 Å². The number of ether oxygens (including phenoxy) is 3. The Bertz CT molecular complexity index is 1250. The molecule has 0 spiro atoms. The average molecular weight is 1010 g/mol. The third kappa shape index (κ3) is 58.3. The van der Waals surface area contributed by atoms with E-state index in [1.807, 2.05) is 0 Å². The smallest absolute Gasteiger partial charge is 0.306 e. The summed E-state index contributed by atoms with van der Waals surface area (Å²) >= 11 is 0. The van der Waals surface area contributed by atoms with Crippen molar-refractivity contribution in [2.75, 3.05) is 13.2 Å². The molecule has 0 heterocycles. The summed E-state index contributed by atoms with van der Waals surface area (Å²) in [5.41, 5.74) is 0. The van der Waals surface area contributed by atoms with Gasteiger partial charge in [0.05, 0.1) is 0 Å². The molecule has 0 N–H and O–H groups in total. The van der Waals surface area contributed by atoms with E-state index in [-0.39, 0.29) is 31.1 Å². The van der Waals surface area contributed by atoms with Gasteiger partial charge in [-0.15, -0.1) is 0 Å². The van der Waals surface area contributed by atoms with E-state index in [1.165, 1.54) is 218 Å². The molecule has 0 saturated carbocycles. The van der Waals surface area contributed by atoms with Crippen molar-refractivity contribution in [2.24, 2.45) is 0 Å². The molecule has 0 bridgehead atoms. The standard InChI is InChI=1S/C66H120O6/c1-4-7-10-13-16-19-22-25-28-31-33-35-38-41-44-47-50-53-56-59-65(68)71-62-63(61-70-64(67)58-55-52-49-46-43-40-37-30-27-24-21-18-15-12-9-6-3)72-66(69)60-57-54-51-48-45-42-39-36-34-32-29-26-23-20-17-14-11-8-5-2/h21,24-26,28-30,37,63H,4-20,22-23,27,31-36,38-62H2,1-3H3/b24-21-,28-25-,29-26-,37-30-. The predicted octanol–water partition coefficient (Wildman–Crippen LogP) is 21.4. The molecule has 6 heteroatoms. The van der Waals surface area contributed by atoms with Gasteiger partial charge in [-0.2, -0.15) is 0 Å². The van der Waals surface area contributed by atoms with Crippen molar-refractivity contribution in [2.45, 2.75) is 341 Å². The number of hydrogen-bond acceptors (Lipinski definition) is 6. The number of unbranched alkanes of at least 4 members (excludes halogenated alkanes) is 39. The van der Waals surface area contributed by atoms with Gasteiger partial charge in [-0.25, -0.2) is 0 Å². The Kier molecular flexibility index (Phi) is 58.7. The lowest BCUT2D eigenvalue weighted by Gasteiger charge is -2.18. The first kappa shape index (κ1) is 69.4. The molecule has 420 valence electrons. The highest BCUT2D eigenvalue weighted by atomic mass is 16.6. The van der Waals surface area contributed by atoms with Gasteiger partial charge in [-0.05, 0) is 103 Å². The maximum absolute atomic E-state index is 12.9. The minimum atomic E-state index is -0.781. The fourth-order valence-corrected chi connectivity index (χ4v) is 9.23. The van der Waals surface area contributed by atoms with E-state index in [1.54, 1.807) is 0 Å². The number of hydrogen-bond donors (Lipinski definition) is 0. The molecule has 0 aliphatic heterocycles. The zero-order chi connectivity index (χ0) is 52.2. The normalized spacial score (nSPS) is 12.3. The highest BCUT2D eigenvalue weighted by Crippen LogP contribution is 2.16. The molecular weight excluding hydrogens is 889 g/mol. The topological polar surface area (TPSA) is 78.9 Å². The van der Waals surface area contributed by atoms with Crippen LogP contribution in [0.2, 0.25) is 0 Å². The Hall–Kier alpha value is -2.63. The van der Waals surface area contributed by atoms with Crippen LogP contribution >= 0.6 is 0 Å². The summed E-state index contributed by atoms with van der Waals surface area (Å²) in [4.78, 5) is 38.3. The van der Waals surface area contributed by atoms with E-state index in [2.05, 4.69) is 69.4 Å². The Morgan fingerprint density at radius 2 is 0.500 bits per heavy atom. The van der Waals surface area contributed by atoms with Crippen molar-refractivity contribution >= 4 is 17.9 Å². The van der Waals surface area contributed by atoms with Crippen LogP contribution in [0.5, 0.6) is 0 Å². The van der Waals surface area contributed by atoms with Gasteiger partial charge < -0.3 is 14.2 Å². The molecule has 6 nitrogen and oxygen atoms in total. The number of allylic oxidation sites excluding steroid dienone is 8. The quantitative estimate of drug-likeness (QED) is 0.0261. The Labute approximate surface area is 448 Å². The number of esters is 3. The lowest BCUT2D eigenvalue weighted by atomic mass is 10.1. The van der Waals surface area contributed by atoms with Crippen LogP contribution in [0.4, 0.5) is 0 Å². The third-order valence-corrected chi connectivity index (χ3v) is 14.0. The maximum atomic E-state index is 12.9. The Balaban J connectivity index is 4.37. The third-order valence-electron chi connectivity index (χ3n) is 14.0. The van der Waals surface area contributed by atoms with Crippen LogP contribution in [0, 0.1) is 0 Å². The fourth-order valence-electron chi connectivity index (χ4n) is 9.23. The molecule has 1 unspecified atom stereocenters. The number of carbonyl (C=O) groups excluding carboxylic acids is 3. The van der Waals surface area contributed by atoms with Crippen LogP contribution in [0.3, 0.4) is 0 Å². The highest BCUT2D eigenvalue weighted by Gasteiger charge is 2.19. The summed E-state index contributed by atoms with van der Waals surface area (Å²) in [7, 11) is 0. The monoisotopic (exact) mass is 1010 g/mol. The highest BCUT2D eigenvalue weighted by molar-refractivity contribution is 5.71. The molecule has 1 atom stereocenters. The van der Waals surface area contributed by atoms with Crippen LogP contribution in [-0.2, 0) is 28.6 Å². The molecule has 0 aromatic heterocycles. The molecule has 0 rings (SSSR count). The molecular formula is C66H120O6. The Morgan fingerprint density at radius 1 is 0.278 bits per heavy atom. The molecule has 0 fully saturated rings. The SMILES string of the molecule is CCCCCC/C=C\C/C=C\CCCCCCCC(=O)OCC(COC(=O)CCCCCCCCCCC/C=C\CCCCCCCC)OC(=O)CCCCCCCCCCC/C=C\CCCCCCCC. The van der Waals surface area contributed by atoms with Crippen LogP contribution in [0.15, 0.2) is 48.6 Å². The van der Waals surface area contributed by atoms with Crippen molar-refractivity contribution in [1.82, 2.24) is 0 Å². The lowest BCUT2D eigenvalue weighted by Crippen LogP contribution is -2.30. The zero-order valence-electron chi connectivity index (χ0n) is 48.2. The molecule has 0 saturated heterocycles. The van der Waals surface area contributed by atoms with Crippen LogP contribution in [0.25, 0.3) is 0 Å². The minimum Gasteiger partial charge on any atom is -0.462 e. The van der Waals surface area contributed by atoms with Crippen molar-refractivity contribution < 1.29 is 28.6 Å². The van der Waals surface area contributed by atoms with E-state index in [0.29, 0.717) is 19.3 Å². The van der Waals surface area contributed by atoms with Gasteiger partial charge in [0.1, 0.15) is 13.2 Å². The second-order valence-electron chi connectivity index (χ2n) is 21.3. The van der Waals surface area contributed by atoms with E-state index in [4.69, 9.17) is 14.2 Å². The summed E-state index contributed by atoms with van der Waals surface area (Å²) in [5, 5.41) is 0. The molecule has 0 radical (unpaired) electrons. The van der Waals surface area contributed by atoms with E-state index in [0.717, 1.165) is 77.0 Å². The van der Waals surface area contributed by atoms with Gasteiger partial charge in [0.25, 0.3) is 0 Å². The van der Waals surface area contributed by atoms with Gasteiger partial charge in [-0.3, -0.25) is 14.4 Å². The summed E-state index contributed by atoms with van der Waals surface area (Å²) in [6, 6.07) is 0. The lowest BCUT2D eigenvalue weighted by molar-refractivity contribution is -0.167. The van der Waals surface area contributed by atoms with Gasteiger partial charge in [0, 0.05) is 19.3 Å². The molecule has 72 heavy (non-hydrogen) atoms. The molecule has 0 aliphatic rings. The van der Waals surface area contributed by atoms with E-state index in [9.17, 15) is 14.4 Å². The van der Waals surface area contributed by atoms with E-state index < -0.39 is 6.10 Å². The maximum Gasteiger partial charge on any atom is 0.306 e. The second kappa shape index (κ2) is 60.9. The minimum absolute atomic E-state index is 0.0773. The summed E-state index contributed by atoms with van der Waals surface area (Å²) < 4.78 is 16.9. The van der Waals surface area contributed by atoms with Gasteiger partial charge in [0.2, 0.25) is 0 Å². The average Bonchev–Trinajstić information content (AvgIpc) is 3.38. The van der Waals surface area contributed by atoms with Gasteiger partial charge in [-0.1, -0.05) is 262 Å². The first-order valence-corrected chi connectivity index (χ1v) is 31.6. The Morgan fingerprint density at radius 3 is 0.792 bits per heavy atom. The first-order chi connectivity index (χ1) is 35.5. The molecule has 0 aliphatic carbocycles. The summed E-state index contributed by atoms with van der Waals surface area (Å²) in [6.45, 7) is 6.65. The molecule has 0 amide bonds. The van der Waals surface area contributed by atoms with Crippen molar-refractivity contribution in [3.05, 3.63) is 48.6 Å².